The molecule has 39 heavy (non-hydrogen) atoms. The third-order valence-electron chi connectivity index (χ3n) is 6.74. The zero-order valence-corrected chi connectivity index (χ0v) is 23.5. The molecule has 2 aromatic carbocycles. The highest BCUT2D eigenvalue weighted by Crippen LogP contribution is 2.34. The summed E-state index contributed by atoms with van der Waals surface area (Å²) in [7, 11) is -3.94. The highest BCUT2D eigenvalue weighted by molar-refractivity contribution is 7.91. The number of hydrogen-bond donors (Lipinski definition) is 3. The third-order valence-corrected chi connectivity index (χ3v) is 9.77. The zero-order chi connectivity index (χ0) is 27.0. The molecule has 1 fully saturated rings. The molecule has 0 radical (unpaired) electrons. The fourth-order valence-corrected chi connectivity index (χ4v) is 7.32. The van der Waals surface area contributed by atoms with Gasteiger partial charge in [-0.3, -0.25) is 14.4 Å². The highest BCUT2D eigenvalue weighted by Gasteiger charge is 2.31. The van der Waals surface area contributed by atoms with Crippen molar-refractivity contribution in [1.82, 2.24) is 15.2 Å². The monoisotopic (exact) mass is 589 g/mol. The van der Waals surface area contributed by atoms with Gasteiger partial charge in [-0.1, -0.05) is 12.1 Å². The van der Waals surface area contributed by atoms with Crippen molar-refractivity contribution in [3.8, 4) is 0 Å². The molecule has 0 saturated carbocycles. The molecule has 3 heterocycles. The molecule has 1 aromatic heterocycles. The summed E-state index contributed by atoms with van der Waals surface area (Å²) < 4.78 is 26.3. The van der Waals surface area contributed by atoms with Crippen LogP contribution in [0.5, 0.6) is 0 Å². The van der Waals surface area contributed by atoms with Crippen LogP contribution in [-0.4, -0.2) is 55.2 Å². The summed E-state index contributed by atoms with van der Waals surface area (Å²) >= 11 is 1.52. The number of aromatic nitrogens is 1. The molecule has 1 saturated heterocycles. The molecule has 0 bridgehead atoms. The molecule has 1 atom stereocenters. The van der Waals surface area contributed by atoms with E-state index in [-0.39, 0.29) is 57.4 Å². The van der Waals surface area contributed by atoms with Crippen molar-refractivity contribution in [2.75, 3.05) is 18.4 Å². The maximum Gasteiger partial charge on any atom is 0.257 e. The molecule has 2 aliphatic rings. The van der Waals surface area contributed by atoms with E-state index in [1.807, 2.05) is 0 Å². The number of halogens is 1. The van der Waals surface area contributed by atoms with E-state index in [2.05, 4.69) is 15.6 Å². The van der Waals surface area contributed by atoms with Gasteiger partial charge in [0.15, 0.2) is 0 Å². The van der Waals surface area contributed by atoms with Gasteiger partial charge in [0, 0.05) is 35.6 Å². The van der Waals surface area contributed by atoms with E-state index in [0.29, 0.717) is 13.1 Å². The van der Waals surface area contributed by atoms with Gasteiger partial charge < -0.3 is 21.3 Å². The Kier molecular flexibility index (Phi) is 8.40. The van der Waals surface area contributed by atoms with Crippen molar-refractivity contribution < 1.29 is 22.8 Å². The number of anilines is 1. The van der Waals surface area contributed by atoms with E-state index >= 15 is 0 Å². The third kappa shape index (κ3) is 5.69. The number of rotatable bonds is 5. The Hall–Kier alpha value is -3.32. The average molecular weight is 590 g/mol. The first kappa shape index (κ1) is 28.7. The number of fused-ring (bicyclic) bond motifs is 2. The number of nitrogens with one attached hydrogen (secondary N) is 2. The number of carbonyl (C=O) groups is 3. The Balaban J connectivity index is 0.00000353. The van der Waals surface area contributed by atoms with Gasteiger partial charge in [0.05, 0.1) is 38.6 Å². The number of thiazole rings is 1. The fourth-order valence-electron chi connectivity index (χ4n) is 4.70. The van der Waals surface area contributed by atoms with Gasteiger partial charge in [-0.25, -0.2) is 13.4 Å². The molecular formula is C26H28ClN5O5S2. The zero-order valence-electron chi connectivity index (χ0n) is 21.0. The van der Waals surface area contributed by atoms with Gasteiger partial charge in [-0.2, -0.15) is 0 Å². The predicted octanol–water partition coefficient (Wildman–Crippen LogP) is 2.95. The molecule has 3 aromatic rings. The Bertz CT molecular complexity index is 1530. The minimum Gasteiger partial charge on any atom is -0.347 e. The SMILES string of the molecule is CC(N)C(=O)N1CCC(c2ncc(CNC(=O)c3ccc4c(c3)NC(=O)c3ccccc3S4(=O)=O)s2)CC1.Cl. The molecular weight excluding hydrogens is 562 g/mol. The van der Waals surface area contributed by atoms with Crippen LogP contribution in [0.2, 0.25) is 0 Å². The van der Waals surface area contributed by atoms with E-state index in [0.717, 1.165) is 22.7 Å². The maximum absolute atomic E-state index is 13.1. The van der Waals surface area contributed by atoms with Gasteiger partial charge in [-0.05, 0) is 50.1 Å². The molecule has 4 N–H and O–H groups in total. The van der Waals surface area contributed by atoms with Gasteiger partial charge in [0.25, 0.3) is 11.8 Å². The number of amides is 3. The molecule has 5 rings (SSSR count). The number of nitrogens with zero attached hydrogens (tertiary/aromatic N) is 2. The Morgan fingerprint density at radius 3 is 2.62 bits per heavy atom. The first-order chi connectivity index (χ1) is 18.1. The first-order valence-electron chi connectivity index (χ1n) is 12.2. The minimum absolute atomic E-state index is 0. The first-order valence-corrected chi connectivity index (χ1v) is 14.5. The number of hydrogen-bond acceptors (Lipinski definition) is 8. The summed E-state index contributed by atoms with van der Waals surface area (Å²) in [6.07, 6.45) is 3.36. The van der Waals surface area contributed by atoms with Gasteiger partial charge in [0.2, 0.25) is 15.7 Å². The van der Waals surface area contributed by atoms with Crippen LogP contribution in [0.4, 0.5) is 5.69 Å². The molecule has 3 amide bonds. The van der Waals surface area contributed by atoms with E-state index < -0.39 is 27.7 Å². The average Bonchev–Trinajstić information content (AvgIpc) is 3.37. The number of piperidine rings is 1. The van der Waals surface area contributed by atoms with Crippen LogP contribution in [0.1, 0.15) is 56.3 Å². The molecule has 0 aliphatic carbocycles. The molecule has 2 aliphatic heterocycles. The topological polar surface area (TPSA) is 152 Å². The molecule has 206 valence electrons. The number of carbonyl (C=O) groups excluding carboxylic acids is 3. The number of likely N-dealkylation sites (tertiary alicyclic amines) is 1. The van der Waals surface area contributed by atoms with Crippen LogP contribution in [0.15, 0.2) is 58.5 Å². The lowest BCUT2D eigenvalue weighted by molar-refractivity contribution is -0.133. The fraction of sp³-hybridized carbons (Fsp3) is 0.308. The van der Waals surface area contributed by atoms with Crippen LogP contribution in [0.3, 0.4) is 0 Å². The lowest BCUT2D eigenvalue weighted by Crippen LogP contribution is -2.45. The molecule has 1 unspecified atom stereocenters. The smallest absolute Gasteiger partial charge is 0.257 e. The van der Waals surface area contributed by atoms with Crippen molar-refractivity contribution in [3.63, 3.8) is 0 Å². The summed E-state index contributed by atoms with van der Waals surface area (Å²) in [6, 6.07) is 9.66. The molecule has 0 spiro atoms. The number of sulfone groups is 1. The van der Waals surface area contributed by atoms with E-state index in [1.54, 1.807) is 30.2 Å². The Morgan fingerprint density at radius 1 is 1.18 bits per heavy atom. The highest BCUT2D eigenvalue weighted by atomic mass is 35.5. The van der Waals surface area contributed by atoms with Crippen LogP contribution < -0.4 is 16.4 Å². The second kappa shape index (κ2) is 11.4. The van der Waals surface area contributed by atoms with Crippen LogP contribution in [-0.2, 0) is 21.2 Å². The normalized spacial score (nSPS) is 17.1. The quantitative estimate of drug-likeness (QED) is 0.414. The summed E-state index contributed by atoms with van der Waals surface area (Å²) in [5.41, 5.74) is 6.05. The van der Waals surface area contributed by atoms with E-state index in [4.69, 9.17) is 5.73 Å². The summed E-state index contributed by atoms with van der Waals surface area (Å²) in [5.74, 6) is -0.740. The van der Waals surface area contributed by atoms with Gasteiger partial charge in [0.1, 0.15) is 0 Å². The molecule has 10 nitrogen and oxygen atoms in total. The van der Waals surface area contributed by atoms with Gasteiger partial charge >= 0.3 is 0 Å². The molecule has 13 heteroatoms. The summed E-state index contributed by atoms with van der Waals surface area (Å²) in [4.78, 5) is 44.7. The second-order valence-electron chi connectivity index (χ2n) is 9.40. The van der Waals surface area contributed by atoms with Crippen LogP contribution in [0.25, 0.3) is 0 Å². The summed E-state index contributed by atoms with van der Waals surface area (Å²) in [6.45, 7) is 3.24. The van der Waals surface area contributed by atoms with Crippen molar-refractivity contribution in [1.29, 1.82) is 0 Å². The lowest BCUT2D eigenvalue weighted by atomic mass is 9.97. The largest absolute Gasteiger partial charge is 0.347 e. The Morgan fingerprint density at radius 2 is 1.90 bits per heavy atom. The van der Waals surface area contributed by atoms with Crippen molar-refractivity contribution in [3.05, 3.63) is 69.7 Å². The van der Waals surface area contributed by atoms with Crippen LogP contribution >= 0.6 is 23.7 Å². The van der Waals surface area contributed by atoms with Crippen molar-refractivity contribution in [2.24, 2.45) is 5.73 Å². The maximum atomic E-state index is 13.1. The lowest BCUT2D eigenvalue weighted by Gasteiger charge is -2.32. The minimum atomic E-state index is -3.94. The number of benzene rings is 2. The van der Waals surface area contributed by atoms with Crippen LogP contribution in [0, 0.1) is 0 Å². The van der Waals surface area contributed by atoms with Crippen molar-refractivity contribution >= 4 is 57.0 Å². The van der Waals surface area contributed by atoms with E-state index in [1.165, 1.54) is 41.7 Å². The Labute approximate surface area is 236 Å². The number of nitrogens with two attached hydrogens (primary N) is 1. The van der Waals surface area contributed by atoms with E-state index in [9.17, 15) is 22.8 Å². The predicted molar refractivity (Wildman–Crippen MR) is 149 cm³/mol. The summed E-state index contributed by atoms with van der Waals surface area (Å²) in [5, 5.41) is 6.43. The van der Waals surface area contributed by atoms with Crippen molar-refractivity contribution in [2.45, 2.75) is 48.1 Å². The standard InChI is InChI=1S/C26H27N5O5S2.ClH/c1-15(27)26(34)31-10-8-16(9-11-31)25-29-14-18(37-25)13-28-23(32)17-6-7-22-20(12-17)30-24(33)19-4-2-3-5-21(19)38(22,35)36;/h2-7,12,14-16H,8-11,13,27H2,1H3,(H,28,32)(H,30,33);1H. The van der Waals surface area contributed by atoms with Gasteiger partial charge in [-0.15, -0.1) is 23.7 Å². The second-order valence-corrected chi connectivity index (χ2v) is 12.4.